The van der Waals surface area contributed by atoms with Crippen LogP contribution in [0, 0.1) is 11.8 Å². The summed E-state index contributed by atoms with van der Waals surface area (Å²) >= 11 is 0. The van der Waals surface area contributed by atoms with Crippen molar-refractivity contribution in [1.82, 2.24) is 46.1 Å². The molecule has 26 heteroatoms. The van der Waals surface area contributed by atoms with Crippen molar-refractivity contribution in [1.29, 1.82) is 0 Å². The van der Waals surface area contributed by atoms with E-state index >= 15 is 0 Å². The Morgan fingerprint density at radius 1 is 0.597 bits per heavy atom. The summed E-state index contributed by atoms with van der Waals surface area (Å²) in [7, 11) is 0. The molecule has 10 N–H and O–H groups in total. The molecule has 67 heavy (non-hydrogen) atoms. The molecule has 6 amide bonds. The lowest BCUT2D eigenvalue weighted by molar-refractivity contribution is -0.142. The van der Waals surface area contributed by atoms with Crippen molar-refractivity contribution >= 4 is 59.7 Å². The average Bonchev–Trinajstić information content (AvgIpc) is 3.76. The fourth-order valence-electron chi connectivity index (χ4n) is 7.76. The number of benzene rings is 1. The van der Waals surface area contributed by atoms with Gasteiger partial charge in [-0.3, -0.25) is 23.6 Å². The average molecular weight is 948 g/mol. The molecule has 2 aliphatic rings. The number of rotatable bonds is 24. The Labute approximate surface area is 381 Å². The molecule has 0 saturated carbocycles. The Balaban J connectivity index is 1.43. The lowest BCUT2D eigenvalue weighted by atomic mass is 9.89. The lowest BCUT2D eigenvalue weighted by Gasteiger charge is -2.34. The summed E-state index contributed by atoms with van der Waals surface area (Å²) in [4.78, 5) is 125. The van der Waals surface area contributed by atoms with Gasteiger partial charge in [0.05, 0.1) is 24.3 Å². The Bertz CT molecular complexity index is 2030. The van der Waals surface area contributed by atoms with E-state index in [-0.39, 0.29) is 74.8 Å². The number of carbonyl (C=O) groups is 10. The smallest absolute Gasteiger partial charge is 0.326 e. The molecular weight excluding hydrogens is 893 g/mol. The third-order valence-electron chi connectivity index (χ3n) is 11.4. The highest BCUT2D eigenvalue weighted by Gasteiger charge is 2.33. The highest BCUT2D eigenvalue weighted by Crippen LogP contribution is 2.27. The van der Waals surface area contributed by atoms with Crippen LogP contribution in [0.25, 0.3) is 5.69 Å². The van der Waals surface area contributed by atoms with Gasteiger partial charge in [-0.25, -0.2) is 33.4 Å². The van der Waals surface area contributed by atoms with E-state index in [2.05, 4.69) is 31.6 Å². The number of carboxylic acids is 6. The second-order valence-corrected chi connectivity index (χ2v) is 16.3. The van der Waals surface area contributed by atoms with E-state index < -0.39 is 116 Å². The summed E-state index contributed by atoms with van der Waals surface area (Å²) in [6, 6.07) is -3.81. The van der Waals surface area contributed by atoms with Crippen molar-refractivity contribution in [3.8, 4) is 5.69 Å². The van der Waals surface area contributed by atoms with Gasteiger partial charge in [0, 0.05) is 50.1 Å². The minimum Gasteiger partial charge on any atom is -0.481 e. The molecule has 2 fully saturated rings. The Morgan fingerprint density at radius 3 is 1.34 bits per heavy atom. The van der Waals surface area contributed by atoms with Crippen LogP contribution in [0.4, 0.5) is 14.0 Å². The molecule has 0 radical (unpaired) electrons. The molecule has 1 aromatic heterocycles. The molecule has 0 aliphatic carbocycles. The highest BCUT2D eigenvalue weighted by atomic mass is 19.1. The number of halogens is 1. The zero-order valence-electron chi connectivity index (χ0n) is 36.2. The Hall–Kier alpha value is -7.41. The molecule has 366 valence electrons. The van der Waals surface area contributed by atoms with Gasteiger partial charge in [-0.1, -0.05) is 5.21 Å². The van der Waals surface area contributed by atoms with Crippen molar-refractivity contribution in [3.05, 3.63) is 41.2 Å². The number of carbonyl (C=O) groups excluding carboxylic acids is 4. The number of aliphatic carboxylic acids is 6. The maximum atomic E-state index is 14.1. The summed E-state index contributed by atoms with van der Waals surface area (Å²) in [5.74, 6) is -9.87. The van der Waals surface area contributed by atoms with Crippen LogP contribution >= 0.6 is 0 Å². The van der Waals surface area contributed by atoms with Crippen LogP contribution < -0.4 is 21.3 Å². The maximum absolute atomic E-state index is 14.1. The number of hydrogen-bond acceptors (Lipinski definition) is 12. The predicted molar refractivity (Wildman–Crippen MR) is 225 cm³/mol. The molecule has 0 spiro atoms. The number of aryl methyl sites for hydroxylation is 1. The number of carboxylic acid groups (broad SMARTS) is 6. The first-order valence-corrected chi connectivity index (χ1v) is 21.4. The molecular formula is C41H54FN9O16. The van der Waals surface area contributed by atoms with Crippen LogP contribution in [0.3, 0.4) is 0 Å². The summed E-state index contributed by atoms with van der Waals surface area (Å²) in [5, 5.41) is 72.9. The fraction of sp³-hybridized carbons (Fsp3) is 0.561. The van der Waals surface area contributed by atoms with Crippen molar-refractivity contribution in [2.75, 3.05) is 32.9 Å². The summed E-state index contributed by atoms with van der Waals surface area (Å²) in [6.07, 6.45) is 1.19. The summed E-state index contributed by atoms with van der Waals surface area (Å²) in [5.41, 5.74) is 0.967. The van der Waals surface area contributed by atoms with Gasteiger partial charge < -0.3 is 61.7 Å². The maximum Gasteiger partial charge on any atom is 0.326 e. The highest BCUT2D eigenvalue weighted by molar-refractivity contribution is 6.01. The van der Waals surface area contributed by atoms with Crippen molar-refractivity contribution < 1.29 is 83.0 Å². The van der Waals surface area contributed by atoms with Gasteiger partial charge in [-0.2, -0.15) is 0 Å². The Kier molecular flexibility index (Phi) is 19.3. The molecule has 0 unspecified atom stereocenters. The van der Waals surface area contributed by atoms with Gasteiger partial charge in [-0.05, 0) is 94.2 Å². The molecule has 2 aliphatic heterocycles. The predicted octanol–water partition coefficient (Wildman–Crippen LogP) is 0.795. The molecule has 1 aromatic carbocycles. The molecule has 2 saturated heterocycles. The molecule has 4 atom stereocenters. The van der Waals surface area contributed by atoms with Gasteiger partial charge in [0.15, 0.2) is 0 Å². The van der Waals surface area contributed by atoms with Gasteiger partial charge in [0.2, 0.25) is 0 Å². The van der Waals surface area contributed by atoms with E-state index in [1.165, 1.54) is 32.7 Å². The number of hydrogen-bond donors (Lipinski definition) is 10. The summed E-state index contributed by atoms with van der Waals surface area (Å²) in [6.45, 7) is 0.0638. The number of amides is 6. The molecule has 4 rings (SSSR count). The minimum absolute atomic E-state index is 0.0638. The molecule has 25 nitrogen and oxygen atoms in total. The van der Waals surface area contributed by atoms with Crippen molar-refractivity contribution in [2.24, 2.45) is 11.8 Å². The number of urea groups is 2. The zero-order chi connectivity index (χ0) is 49.4. The number of nitrogens with one attached hydrogen (secondary N) is 4. The molecule has 3 heterocycles. The number of likely N-dealkylation sites (tertiary alicyclic amines) is 2. The molecule has 0 bridgehead atoms. The topological polar surface area (TPSA) is 377 Å². The number of nitrogens with zero attached hydrogens (tertiary/aromatic N) is 5. The number of aromatic nitrogens is 3. The van der Waals surface area contributed by atoms with Crippen LogP contribution in [-0.2, 0) is 35.2 Å². The first-order chi connectivity index (χ1) is 31.7. The van der Waals surface area contributed by atoms with Crippen molar-refractivity contribution in [3.63, 3.8) is 0 Å². The van der Waals surface area contributed by atoms with Crippen LogP contribution in [0.1, 0.15) is 97.0 Å². The number of alkyl halides is 1. The van der Waals surface area contributed by atoms with Crippen LogP contribution in [0.15, 0.2) is 24.4 Å². The largest absolute Gasteiger partial charge is 0.481 e. The normalized spacial score (nSPS) is 16.1. The van der Waals surface area contributed by atoms with Crippen LogP contribution in [0.5, 0.6) is 0 Å². The quantitative estimate of drug-likeness (QED) is 0.0695. The van der Waals surface area contributed by atoms with Crippen LogP contribution in [0.2, 0.25) is 0 Å². The van der Waals surface area contributed by atoms with Gasteiger partial charge in [0.1, 0.15) is 24.2 Å². The SMILES string of the molecule is O=C(O)CC[C@H](NC(=O)N[C@H](CC1CCN(C(=O)c2cc(C(=O)N3CCC(C[C@H](NC(=O)N[C@H](CCC(=O)O)C(=O)O)C(=O)O)CC3)cc(-n3cc(CCCF)nn3)c2)CC1)C(=O)O)C(=O)O. The Morgan fingerprint density at radius 2 is 0.985 bits per heavy atom. The second-order valence-electron chi connectivity index (χ2n) is 16.3. The van der Waals surface area contributed by atoms with Gasteiger partial charge >= 0.3 is 47.9 Å². The van der Waals surface area contributed by atoms with E-state index in [0.717, 1.165) is 0 Å². The molecule has 2 aromatic rings. The first kappa shape index (κ1) is 52.2. The number of piperidine rings is 2. The monoisotopic (exact) mass is 947 g/mol. The van der Waals surface area contributed by atoms with E-state index in [9.17, 15) is 72.8 Å². The third kappa shape index (κ3) is 16.2. The zero-order valence-corrected chi connectivity index (χ0v) is 36.2. The third-order valence-corrected chi connectivity index (χ3v) is 11.4. The van der Waals surface area contributed by atoms with E-state index in [0.29, 0.717) is 37.1 Å². The van der Waals surface area contributed by atoms with Crippen LogP contribution in [-0.4, -0.2) is 172 Å². The van der Waals surface area contributed by atoms with E-state index in [1.54, 1.807) is 6.20 Å². The standard InChI is InChI=1S/C41H54FN9O16/c42-11-1-2-26-21-51(48-47-26)27-19-24(34(56)49-12-7-22(8-13-49)16-30(38(62)63)45-40(66)43-28(36(58)59)3-5-32(52)53)18-25(20-27)35(57)50-14-9-23(10-15-50)17-31(39(64)65)46-41(67)44-29(37(60)61)4-6-33(54)55/h18-23,28-31H,1-17H2,(H,52,53)(H,54,55)(H,58,59)(H,60,61)(H,62,63)(H,64,65)(H2,43,45,66)(H2,44,46,67)/t28-,29+,30+,31-. The van der Waals surface area contributed by atoms with E-state index in [4.69, 9.17) is 10.2 Å². The summed E-state index contributed by atoms with van der Waals surface area (Å²) < 4.78 is 14.3. The van der Waals surface area contributed by atoms with Gasteiger partial charge in [0.25, 0.3) is 11.8 Å². The van der Waals surface area contributed by atoms with Gasteiger partial charge in [-0.15, -0.1) is 5.10 Å². The van der Waals surface area contributed by atoms with Crippen molar-refractivity contribution in [2.45, 2.75) is 101 Å². The lowest BCUT2D eigenvalue weighted by Crippen LogP contribution is -2.52. The second kappa shape index (κ2) is 24.8. The fourth-order valence-corrected chi connectivity index (χ4v) is 7.76. The minimum atomic E-state index is -1.58. The first-order valence-electron chi connectivity index (χ1n) is 21.4. The van der Waals surface area contributed by atoms with E-state index in [1.807, 2.05) is 0 Å².